The second-order valence-electron chi connectivity index (χ2n) is 2.85. The van der Waals surface area contributed by atoms with Gasteiger partial charge in [-0.15, -0.1) is 0 Å². The summed E-state index contributed by atoms with van der Waals surface area (Å²) in [5, 5.41) is 0. The van der Waals surface area contributed by atoms with Gasteiger partial charge in [0.15, 0.2) is 0 Å². The normalized spacial score (nSPS) is 15.7. The van der Waals surface area contributed by atoms with Crippen LogP contribution in [0.5, 0.6) is 0 Å². The molecule has 0 radical (unpaired) electrons. The van der Waals surface area contributed by atoms with Crippen molar-refractivity contribution < 1.29 is 13.2 Å². The Morgan fingerprint density at radius 1 is 1.23 bits per heavy atom. The monoisotopic (exact) mass is 199 g/mol. The highest BCUT2D eigenvalue weighted by atomic mass is 19.4. The Kier molecular flexibility index (Phi) is 8.42. The third kappa shape index (κ3) is 8.09. The predicted octanol–water partition coefficient (Wildman–Crippen LogP) is 3.34. The molecule has 0 saturated carbocycles. The molecule has 0 aliphatic heterocycles. The van der Waals surface area contributed by atoms with E-state index in [1.807, 2.05) is 13.8 Å². The number of rotatable bonds is 3. The van der Waals surface area contributed by atoms with Gasteiger partial charge in [-0.05, 0) is 12.8 Å². The standard InChI is InChI=1S/C7H14F3N.C2H6/c1-3-6(11)4-5(2)7(8,9)10;1-2/h5-6H,3-4,11H2,1-2H3;1-2H3. The van der Waals surface area contributed by atoms with Crippen molar-refractivity contribution in [1.82, 2.24) is 0 Å². The van der Waals surface area contributed by atoms with Gasteiger partial charge in [-0.25, -0.2) is 0 Å². The third-order valence-corrected chi connectivity index (χ3v) is 1.74. The molecule has 0 fully saturated rings. The van der Waals surface area contributed by atoms with Gasteiger partial charge >= 0.3 is 6.18 Å². The molecule has 2 atom stereocenters. The van der Waals surface area contributed by atoms with Gasteiger partial charge < -0.3 is 5.73 Å². The smallest absolute Gasteiger partial charge is 0.328 e. The summed E-state index contributed by atoms with van der Waals surface area (Å²) in [6.45, 7) is 6.95. The molecule has 0 aliphatic rings. The van der Waals surface area contributed by atoms with E-state index in [1.54, 1.807) is 6.92 Å². The molecular weight excluding hydrogens is 179 g/mol. The van der Waals surface area contributed by atoms with Crippen molar-refractivity contribution in [2.24, 2.45) is 11.7 Å². The maximum absolute atomic E-state index is 11.9. The zero-order valence-electron chi connectivity index (χ0n) is 8.78. The first kappa shape index (κ1) is 15.2. The topological polar surface area (TPSA) is 26.0 Å². The van der Waals surface area contributed by atoms with Crippen molar-refractivity contribution in [3.05, 3.63) is 0 Å². The van der Waals surface area contributed by atoms with Gasteiger partial charge in [0.05, 0.1) is 5.92 Å². The van der Waals surface area contributed by atoms with Crippen LogP contribution in [0.15, 0.2) is 0 Å². The minimum Gasteiger partial charge on any atom is -0.328 e. The van der Waals surface area contributed by atoms with Gasteiger partial charge in [0, 0.05) is 6.04 Å². The maximum atomic E-state index is 11.9. The van der Waals surface area contributed by atoms with Gasteiger partial charge in [-0.2, -0.15) is 13.2 Å². The average molecular weight is 199 g/mol. The Labute approximate surface area is 78.5 Å². The molecule has 0 heterocycles. The van der Waals surface area contributed by atoms with E-state index < -0.39 is 12.1 Å². The minimum absolute atomic E-state index is 0.0278. The maximum Gasteiger partial charge on any atom is 0.391 e. The Morgan fingerprint density at radius 2 is 1.62 bits per heavy atom. The van der Waals surface area contributed by atoms with Crippen LogP contribution in [0.3, 0.4) is 0 Å². The molecule has 1 nitrogen and oxygen atoms in total. The molecule has 0 aromatic heterocycles. The molecule has 0 aromatic rings. The first-order chi connectivity index (χ1) is 5.88. The van der Waals surface area contributed by atoms with Crippen LogP contribution in [0.2, 0.25) is 0 Å². The van der Waals surface area contributed by atoms with Crippen LogP contribution >= 0.6 is 0 Å². The number of hydrogen-bond donors (Lipinski definition) is 1. The highest BCUT2D eigenvalue weighted by Gasteiger charge is 2.36. The summed E-state index contributed by atoms with van der Waals surface area (Å²) in [5.41, 5.74) is 5.37. The molecule has 0 spiro atoms. The van der Waals surface area contributed by atoms with Crippen molar-refractivity contribution >= 4 is 0 Å². The summed E-state index contributed by atoms with van der Waals surface area (Å²) < 4.78 is 35.7. The Bertz CT molecular complexity index is 112. The predicted molar refractivity (Wildman–Crippen MR) is 49.5 cm³/mol. The molecule has 0 amide bonds. The second-order valence-corrected chi connectivity index (χ2v) is 2.85. The highest BCUT2D eigenvalue weighted by Crippen LogP contribution is 2.29. The van der Waals surface area contributed by atoms with Gasteiger partial charge in [0.2, 0.25) is 0 Å². The zero-order chi connectivity index (χ0) is 11.1. The number of alkyl halides is 3. The van der Waals surface area contributed by atoms with Crippen LogP contribution in [0.1, 0.15) is 40.5 Å². The zero-order valence-corrected chi connectivity index (χ0v) is 8.78. The van der Waals surface area contributed by atoms with Crippen molar-refractivity contribution in [3.8, 4) is 0 Å². The summed E-state index contributed by atoms with van der Waals surface area (Å²) in [5.74, 6) is -1.28. The van der Waals surface area contributed by atoms with Crippen molar-refractivity contribution in [3.63, 3.8) is 0 Å². The SMILES string of the molecule is CC.CCC(N)CC(C)C(F)(F)F. The summed E-state index contributed by atoms with van der Waals surface area (Å²) in [7, 11) is 0. The summed E-state index contributed by atoms with van der Waals surface area (Å²) >= 11 is 0. The fourth-order valence-corrected chi connectivity index (χ4v) is 0.754. The van der Waals surface area contributed by atoms with Crippen LogP contribution in [-0.2, 0) is 0 Å². The lowest BCUT2D eigenvalue weighted by atomic mass is 10.0. The molecule has 4 heteroatoms. The molecule has 2 N–H and O–H groups in total. The summed E-state index contributed by atoms with van der Waals surface area (Å²) in [6.07, 6.45) is -3.47. The van der Waals surface area contributed by atoms with Crippen LogP contribution in [-0.4, -0.2) is 12.2 Å². The summed E-state index contributed by atoms with van der Waals surface area (Å²) in [4.78, 5) is 0. The molecule has 0 aromatic carbocycles. The lowest BCUT2D eigenvalue weighted by Gasteiger charge is -2.18. The van der Waals surface area contributed by atoms with E-state index in [0.717, 1.165) is 6.92 Å². The Hall–Kier alpha value is -0.250. The van der Waals surface area contributed by atoms with E-state index in [2.05, 4.69) is 0 Å². The Balaban J connectivity index is 0. The molecule has 82 valence electrons. The van der Waals surface area contributed by atoms with E-state index in [-0.39, 0.29) is 12.5 Å². The van der Waals surface area contributed by atoms with Crippen LogP contribution < -0.4 is 5.73 Å². The molecule has 0 bridgehead atoms. The second kappa shape index (κ2) is 7.18. The average Bonchev–Trinajstić information content (AvgIpc) is 2.06. The number of hydrogen-bond acceptors (Lipinski definition) is 1. The highest BCUT2D eigenvalue weighted by molar-refractivity contribution is 4.69. The van der Waals surface area contributed by atoms with Gasteiger partial charge in [-0.1, -0.05) is 27.7 Å². The van der Waals surface area contributed by atoms with E-state index in [1.165, 1.54) is 0 Å². The van der Waals surface area contributed by atoms with Crippen molar-refractivity contribution in [2.45, 2.75) is 52.8 Å². The minimum atomic E-state index is -4.09. The van der Waals surface area contributed by atoms with E-state index in [4.69, 9.17) is 5.73 Å². The quantitative estimate of drug-likeness (QED) is 0.741. The Morgan fingerprint density at radius 3 is 1.85 bits per heavy atom. The van der Waals surface area contributed by atoms with E-state index in [9.17, 15) is 13.2 Å². The lowest BCUT2D eigenvalue weighted by molar-refractivity contribution is -0.172. The largest absolute Gasteiger partial charge is 0.391 e. The van der Waals surface area contributed by atoms with Gasteiger partial charge in [-0.3, -0.25) is 0 Å². The molecule has 0 aliphatic carbocycles. The van der Waals surface area contributed by atoms with Crippen LogP contribution in [0.4, 0.5) is 13.2 Å². The van der Waals surface area contributed by atoms with Gasteiger partial charge in [0.1, 0.15) is 0 Å². The van der Waals surface area contributed by atoms with Crippen molar-refractivity contribution in [2.75, 3.05) is 0 Å². The molecule has 0 saturated heterocycles. The summed E-state index contributed by atoms with van der Waals surface area (Å²) in [6, 6.07) is -0.327. The van der Waals surface area contributed by atoms with Crippen molar-refractivity contribution in [1.29, 1.82) is 0 Å². The third-order valence-electron chi connectivity index (χ3n) is 1.74. The molecular formula is C9H20F3N. The number of halogens is 3. The molecule has 13 heavy (non-hydrogen) atoms. The fourth-order valence-electron chi connectivity index (χ4n) is 0.754. The van der Waals surface area contributed by atoms with E-state index >= 15 is 0 Å². The first-order valence-corrected chi connectivity index (χ1v) is 4.70. The van der Waals surface area contributed by atoms with E-state index in [0.29, 0.717) is 6.42 Å². The molecule has 2 unspecified atom stereocenters. The molecule has 0 rings (SSSR count). The van der Waals surface area contributed by atoms with Crippen LogP contribution in [0, 0.1) is 5.92 Å². The first-order valence-electron chi connectivity index (χ1n) is 4.70. The van der Waals surface area contributed by atoms with Gasteiger partial charge in [0.25, 0.3) is 0 Å². The fraction of sp³-hybridized carbons (Fsp3) is 1.00. The lowest BCUT2D eigenvalue weighted by Crippen LogP contribution is -2.29. The van der Waals surface area contributed by atoms with Crippen LogP contribution in [0.25, 0.3) is 0 Å². The number of nitrogens with two attached hydrogens (primary N) is 1.